The second kappa shape index (κ2) is 7.94. The van der Waals surface area contributed by atoms with Crippen LogP contribution >= 0.6 is 0 Å². The van der Waals surface area contributed by atoms with E-state index >= 15 is 0 Å². The zero-order valence-electron chi connectivity index (χ0n) is 15.6. The third kappa shape index (κ3) is 4.37. The summed E-state index contributed by atoms with van der Waals surface area (Å²) in [5.41, 5.74) is 0.608. The molecule has 1 aromatic rings. The molecule has 0 saturated carbocycles. The summed E-state index contributed by atoms with van der Waals surface area (Å²) < 4.78 is 47.8. The first-order chi connectivity index (χ1) is 14.0. The molecule has 0 spiro atoms. The standard InChI is InChI=1S/C18H17F3N2O7/c1-9(24)30-14(17(27)28)13-16(26)23(4-5-29-13)11-3-2-10-7-22(8-18(19,20)21)15(25)12(10)6-11/h2-3,6,13-14H,4-5,7-8H2,1H3,(H,27,28)/t13-,14-/m1/s1. The van der Waals surface area contributed by atoms with E-state index in [0.717, 1.165) is 11.8 Å². The molecule has 0 bridgehead atoms. The van der Waals surface area contributed by atoms with Crippen LogP contribution in [0.4, 0.5) is 18.9 Å². The molecular formula is C18H17F3N2O7. The number of anilines is 1. The Kier molecular flexibility index (Phi) is 5.70. The summed E-state index contributed by atoms with van der Waals surface area (Å²) in [4.78, 5) is 49.5. The molecule has 12 heteroatoms. The summed E-state index contributed by atoms with van der Waals surface area (Å²) in [6, 6.07) is 4.18. The van der Waals surface area contributed by atoms with E-state index < -0.39 is 48.7 Å². The SMILES string of the molecule is CC(=O)O[C@@H](C(=O)O)[C@H]1OCCN(c2ccc3c(c2)C(=O)N(CC(F)(F)F)C3)C1=O. The quantitative estimate of drug-likeness (QED) is 0.692. The maximum atomic E-state index is 12.8. The van der Waals surface area contributed by atoms with Crippen LogP contribution in [0.1, 0.15) is 22.8 Å². The van der Waals surface area contributed by atoms with Gasteiger partial charge in [0.15, 0.2) is 6.10 Å². The van der Waals surface area contributed by atoms with Gasteiger partial charge in [0, 0.05) is 31.3 Å². The number of carboxylic acid groups (broad SMARTS) is 1. The first-order valence-electron chi connectivity index (χ1n) is 8.80. The van der Waals surface area contributed by atoms with Crippen molar-refractivity contribution in [3.63, 3.8) is 0 Å². The minimum absolute atomic E-state index is 0.0149. The smallest absolute Gasteiger partial charge is 0.406 e. The number of carbonyl (C=O) groups is 4. The number of fused-ring (bicyclic) bond motifs is 1. The minimum Gasteiger partial charge on any atom is -0.478 e. The van der Waals surface area contributed by atoms with Gasteiger partial charge in [-0.05, 0) is 17.7 Å². The van der Waals surface area contributed by atoms with Crippen molar-refractivity contribution in [2.24, 2.45) is 0 Å². The van der Waals surface area contributed by atoms with Gasteiger partial charge >= 0.3 is 18.1 Å². The van der Waals surface area contributed by atoms with Gasteiger partial charge in [-0.1, -0.05) is 6.07 Å². The van der Waals surface area contributed by atoms with Crippen LogP contribution in [0.2, 0.25) is 0 Å². The fourth-order valence-corrected chi connectivity index (χ4v) is 3.36. The third-order valence-electron chi connectivity index (χ3n) is 4.59. The third-order valence-corrected chi connectivity index (χ3v) is 4.59. The van der Waals surface area contributed by atoms with Crippen LogP contribution in [0.25, 0.3) is 0 Å². The van der Waals surface area contributed by atoms with Gasteiger partial charge in [0.25, 0.3) is 11.8 Å². The van der Waals surface area contributed by atoms with Crippen LogP contribution in [0.15, 0.2) is 18.2 Å². The summed E-state index contributed by atoms with van der Waals surface area (Å²) >= 11 is 0. The van der Waals surface area contributed by atoms with Crippen LogP contribution in [-0.4, -0.2) is 71.8 Å². The van der Waals surface area contributed by atoms with Crippen molar-refractivity contribution < 1.29 is 46.9 Å². The summed E-state index contributed by atoms with van der Waals surface area (Å²) in [6.45, 7) is -0.675. The van der Waals surface area contributed by atoms with Crippen LogP contribution in [0.3, 0.4) is 0 Å². The summed E-state index contributed by atoms with van der Waals surface area (Å²) in [5, 5.41) is 9.26. The van der Waals surface area contributed by atoms with Crippen molar-refractivity contribution in [1.29, 1.82) is 0 Å². The van der Waals surface area contributed by atoms with E-state index in [9.17, 15) is 37.5 Å². The maximum Gasteiger partial charge on any atom is 0.406 e. The lowest BCUT2D eigenvalue weighted by Crippen LogP contribution is -2.55. The molecule has 30 heavy (non-hydrogen) atoms. The van der Waals surface area contributed by atoms with Crippen molar-refractivity contribution in [2.45, 2.75) is 31.9 Å². The average Bonchev–Trinajstić information content (AvgIpc) is 2.93. The van der Waals surface area contributed by atoms with Crippen LogP contribution in [0.5, 0.6) is 0 Å². The molecule has 1 aromatic carbocycles. The number of aliphatic carboxylic acids is 1. The first-order valence-corrected chi connectivity index (χ1v) is 8.80. The first kappa shape index (κ1) is 21.6. The van der Waals surface area contributed by atoms with E-state index in [1.807, 2.05) is 0 Å². The fourth-order valence-electron chi connectivity index (χ4n) is 3.36. The molecule has 0 aliphatic carbocycles. The Morgan fingerprint density at radius 2 is 2.03 bits per heavy atom. The molecule has 162 valence electrons. The summed E-state index contributed by atoms with van der Waals surface area (Å²) in [6.07, 6.45) is -8.02. The molecular weight excluding hydrogens is 413 g/mol. The Bertz CT molecular complexity index is 902. The van der Waals surface area contributed by atoms with Gasteiger partial charge in [0.1, 0.15) is 6.54 Å². The molecule has 2 aliphatic rings. The van der Waals surface area contributed by atoms with Crippen LogP contribution < -0.4 is 4.90 Å². The van der Waals surface area contributed by atoms with E-state index in [4.69, 9.17) is 4.74 Å². The lowest BCUT2D eigenvalue weighted by atomic mass is 10.1. The predicted molar refractivity (Wildman–Crippen MR) is 92.5 cm³/mol. The Hall–Kier alpha value is -3.15. The van der Waals surface area contributed by atoms with Crippen molar-refractivity contribution in [3.8, 4) is 0 Å². The number of morpholine rings is 1. The van der Waals surface area contributed by atoms with Gasteiger partial charge in [0.2, 0.25) is 6.10 Å². The van der Waals surface area contributed by atoms with Gasteiger partial charge in [-0.15, -0.1) is 0 Å². The number of halogens is 3. The topological polar surface area (TPSA) is 113 Å². The Morgan fingerprint density at radius 1 is 1.33 bits per heavy atom. The Balaban J connectivity index is 1.84. The number of nitrogens with zero attached hydrogens (tertiary/aromatic N) is 2. The molecule has 9 nitrogen and oxygen atoms in total. The molecule has 1 N–H and O–H groups in total. The zero-order valence-corrected chi connectivity index (χ0v) is 15.6. The molecule has 2 aliphatic heterocycles. The fraction of sp³-hybridized carbons (Fsp3) is 0.444. The van der Waals surface area contributed by atoms with Crippen molar-refractivity contribution in [1.82, 2.24) is 4.90 Å². The second-order valence-corrected chi connectivity index (χ2v) is 6.77. The molecule has 3 rings (SSSR count). The molecule has 0 aromatic heterocycles. The molecule has 0 unspecified atom stereocenters. The molecule has 2 heterocycles. The lowest BCUT2D eigenvalue weighted by Gasteiger charge is -2.34. The average molecular weight is 430 g/mol. The highest BCUT2D eigenvalue weighted by Crippen LogP contribution is 2.31. The number of rotatable bonds is 5. The number of alkyl halides is 3. The van der Waals surface area contributed by atoms with E-state index in [0.29, 0.717) is 10.5 Å². The van der Waals surface area contributed by atoms with Crippen LogP contribution in [-0.2, 0) is 30.4 Å². The highest BCUT2D eigenvalue weighted by molar-refractivity contribution is 6.03. The van der Waals surface area contributed by atoms with Crippen molar-refractivity contribution >= 4 is 29.4 Å². The number of carbonyl (C=O) groups excluding carboxylic acids is 3. The Morgan fingerprint density at radius 3 is 2.63 bits per heavy atom. The number of benzene rings is 1. The van der Waals surface area contributed by atoms with Crippen molar-refractivity contribution in [2.75, 3.05) is 24.6 Å². The highest BCUT2D eigenvalue weighted by Gasteiger charge is 2.43. The number of esters is 1. The van der Waals surface area contributed by atoms with Gasteiger partial charge in [0.05, 0.1) is 6.61 Å². The van der Waals surface area contributed by atoms with E-state index in [1.165, 1.54) is 18.2 Å². The summed E-state index contributed by atoms with van der Waals surface area (Å²) in [5.74, 6) is -4.11. The predicted octanol–water partition coefficient (Wildman–Crippen LogP) is 0.953. The monoisotopic (exact) mass is 430 g/mol. The maximum absolute atomic E-state index is 12.8. The molecule has 1 fully saturated rings. The number of hydrogen-bond donors (Lipinski definition) is 1. The number of carboxylic acids is 1. The van der Waals surface area contributed by atoms with E-state index in [2.05, 4.69) is 4.74 Å². The largest absolute Gasteiger partial charge is 0.478 e. The molecule has 2 atom stereocenters. The van der Waals surface area contributed by atoms with Gasteiger partial charge in [-0.2, -0.15) is 13.2 Å². The van der Waals surface area contributed by atoms with E-state index in [-0.39, 0.29) is 30.9 Å². The summed E-state index contributed by atoms with van der Waals surface area (Å²) in [7, 11) is 0. The Labute approximate surface area is 167 Å². The van der Waals surface area contributed by atoms with Crippen LogP contribution in [0, 0.1) is 0 Å². The number of amides is 2. The lowest BCUT2D eigenvalue weighted by molar-refractivity contribution is -0.177. The molecule has 1 saturated heterocycles. The number of ether oxygens (including phenoxy) is 2. The van der Waals surface area contributed by atoms with Crippen molar-refractivity contribution in [3.05, 3.63) is 29.3 Å². The normalized spacial score (nSPS) is 20.2. The highest BCUT2D eigenvalue weighted by atomic mass is 19.4. The zero-order chi connectivity index (χ0) is 22.2. The molecule has 2 amide bonds. The minimum atomic E-state index is -4.55. The van der Waals surface area contributed by atoms with Gasteiger partial charge < -0.3 is 24.4 Å². The van der Waals surface area contributed by atoms with E-state index in [1.54, 1.807) is 0 Å². The molecule has 0 radical (unpaired) electrons. The number of hydrogen-bond acceptors (Lipinski definition) is 6. The van der Waals surface area contributed by atoms with Gasteiger partial charge in [-0.3, -0.25) is 14.4 Å². The van der Waals surface area contributed by atoms with Gasteiger partial charge in [-0.25, -0.2) is 4.79 Å². The second-order valence-electron chi connectivity index (χ2n) is 6.77.